The number of hydrogen-bond donors (Lipinski definition) is 4. The Labute approximate surface area is 277 Å². The van der Waals surface area contributed by atoms with Crippen molar-refractivity contribution in [3.63, 3.8) is 0 Å². The molecule has 0 unspecified atom stereocenters. The number of carboxylic acid groups (broad SMARTS) is 4. The molecule has 0 aromatic heterocycles. The summed E-state index contributed by atoms with van der Waals surface area (Å²) in [6.45, 7) is -2.25. The molecule has 0 saturated heterocycles. The predicted molar refractivity (Wildman–Crippen MR) is 91.5 cm³/mol. The minimum Gasteiger partial charge on any atom is -0.480 e. The van der Waals surface area contributed by atoms with Gasteiger partial charge in [-0.3, -0.25) is 29.0 Å². The number of nitrogens with zero attached hydrogens (tertiary/aromatic N) is 2. The van der Waals surface area contributed by atoms with Gasteiger partial charge in [0, 0.05) is 167 Å². The minimum atomic E-state index is -1.23. The minimum absolute atomic E-state index is 0. The van der Waals surface area contributed by atoms with Gasteiger partial charge >= 0.3 is 23.9 Å². The molecule has 0 spiro atoms. The van der Waals surface area contributed by atoms with E-state index in [0.717, 1.165) is 9.80 Å². The van der Waals surface area contributed by atoms with Gasteiger partial charge in [-0.05, 0) is 0 Å². The van der Waals surface area contributed by atoms with Gasteiger partial charge in [-0.25, -0.2) is 0 Å². The number of carboxylic acids is 4. The molecule has 10 N–H and O–H groups in total. The van der Waals surface area contributed by atoms with Gasteiger partial charge in [0.15, 0.2) is 0 Å². The average Bonchev–Trinajstić information content (AvgIpc) is 2.22. The van der Waals surface area contributed by atoms with E-state index in [4.69, 9.17) is 20.4 Å². The Morgan fingerprint density at radius 2 is 0.654 bits per heavy atom. The molecule has 0 aliphatic heterocycles. The van der Waals surface area contributed by atoms with Crippen LogP contribution in [-0.2, 0) is 19.2 Å². The quantitative estimate of drug-likeness (QED) is 0.211. The first-order valence-corrected chi connectivity index (χ1v) is 5.52. The average molecular weight is 464 g/mol. The maximum Gasteiger partial charge on any atom is 0.317 e. The van der Waals surface area contributed by atoms with Crippen LogP contribution in [0.4, 0.5) is 0 Å². The van der Waals surface area contributed by atoms with Crippen LogP contribution in [0.2, 0.25) is 0 Å². The number of aliphatic carboxylic acids is 4. The molecular weight excluding hydrogens is 441 g/mol. The fourth-order valence-electron chi connectivity index (χ4n) is 1.48. The topological polar surface area (TPSA) is 250 Å². The Morgan fingerprint density at radius 1 is 0.500 bits per heavy atom. The maximum atomic E-state index is 10.6. The largest absolute Gasteiger partial charge is 0.480 e. The molecule has 0 saturated carbocycles. The van der Waals surface area contributed by atoms with Crippen LogP contribution in [0.25, 0.3) is 0 Å². The fourth-order valence-corrected chi connectivity index (χ4v) is 1.48. The molecule has 0 amide bonds. The number of rotatable bonds is 11. The molecule has 141 valence electrons. The Hall–Kier alpha value is 2.59. The van der Waals surface area contributed by atoms with Crippen LogP contribution < -0.4 is 0 Å². The molecule has 0 aromatic carbocycles. The van der Waals surface area contributed by atoms with E-state index in [1.807, 2.05) is 0 Å². The van der Waals surface area contributed by atoms with Gasteiger partial charge in [0.25, 0.3) is 0 Å². The van der Waals surface area contributed by atoms with E-state index in [1.54, 1.807) is 0 Å². The Bertz CT molecular complexity index is 332. The summed E-state index contributed by atoms with van der Waals surface area (Å²) in [6, 6.07) is 0. The van der Waals surface area contributed by atoms with Gasteiger partial charge in [0.2, 0.25) is 0 Å². The smallest absolute Gasteiger partial charge is 0.317 e. The predicted octanol–water partition coefficient (Wildman–Crippen LogP) is -5.69. The second-order valence-electron chi connectivity index (χ2n) is 4.00. The van der Waals surface area contributed by atoms with E-state index in [-0.39, 0.29) is 184 Å². The zero-order valence-corrected chi connectivity index (χ0v) is 24.4. The van der Waals surface area contributed by atoms with E-state index >= 15 is 0 Å². The molecular formula is C10H22K3N2O11. The Balaban J connectivity index is -0.000000120. The van der Waals surface area contributed by atoms with Gasteiger partial charge in [-0.15, -0.1) is 0 Å². The summed E-state index contributed by atoms with van der Waals surface area (Å²) >= 11 is 0. The summed E-state index contributed by atoms with van der Waals surface area (Å²) in [7, 11) is 0. The first-order valence-electron chi connectivity index (χ1n) is 5.52. The maximum absolute atomic E-state index is 10.6. The third-order valence-corrected chi connectivity index (χ3v) is 2.17. The van der Waals surface area contributed by atoms with Gasteiger partial charge in [-0.1, -0.05) is 0 Å². The third kappa shape index (κ3) is 31.3. The summed E-state index contributed by atoms with van der Waals surface area (Å²) < 4.78 is 0. The zero-order valence-electron chi connectivity index (χ0n) is 15.1. The Morgan fingerprint density at radius 3 is 0.769 bits per heavy atom. The first kappa shape index (κ1) is 46.7. The van der Waals surface area contributed by atoms with Crippen molar-refractivity contribution in [2.75, 3.05) is 39.3 Å². The Kier molecular flexibility index (Phi) is 49.5. The van der Waals surface area contributed by atoms with Crippen LogP contribution in [0, 0.1) is 0 Å². The summed E-state index contributed by atoms with van der Waals surface area (Å²) in [5.41, 5.74) is 0. The molecule has 0 aliphatic rings. The van der Waals surface area contributed by atoms with Crippen LogP contribution >= 0.6 is 0 Å². The monoisotopic (exact) mass is 463 g/mol. The van der Waals surface area contributed by atoms with Crippen molar-refractivity contribution in [3.8, 4) is 0 Å². The number of hydrogen-bond acceptors (Lipinski definition) is 6. The molecule has 16 heteroatoms. The van der Waals surface area contributed by atoms with E-state index in [1.165, 1.54) is 0 Å². The van der Waals surface area contributed by atoms with Crippen molar-refractivity contribution in [2.24, 2.45) is 0 Å². The molecule has 0 aromatic rings. The summed E-state index contributed by atoms with van der Waals surface area (Å²) in [6.07, 6.45) is 0. The SMILES string of the molecule is O.O.O.O=C(O)CN(CCN(CC(=O)O)CC(=O)O)CC(=O)O.[K].[K].[K]. The van der Waals surface area contributed by atoms with E-state index in [2.05, 4.69) is 0 Å². The summed E-state index contributed by atoms with van der Waals surface area (Å²) in [4.78, 5) is 44.4. The third-order valence-electron chi connectivity index (χ3n) is 2.17. The van der Waals surface area contributed by atoms with Crippen molar-refractivity contribution in [3.05, 3.63) is 0 Å². The van der Waals surface area contributed by atoms with Crippen molar-refractivity contribution in [1.82, 2.24) is 9.80 Å². The summed E-state index contributed by atoms with van der Waals surface area (Å²) in [5, 5.41) is 34.5. The van der Waals surface area contributed by atoms with Crippen LogP contribution in [0.3, 0.4) is 0 Å². The molecule has 3 radical (unpaired) electrons. The second-order valence-corrected chi connectivity index (χ2v) is 4.00. The normalized spacial score (nSPS) is 8.23. The van der Waals surface area contributed by atoms with Crippen LogP contribution in [0.5, 0.6) is 0 Å². The molecule has 0 aliphatic carbocycles. The van der Waals surface area contributed by atoms with Crippen LogP contribution in [-0.4, -0.2) is 264 Å². The zero-order chi connectivity index (χ0) is 15.7. The van der Waals surface area contributed by atoms with Gasteiger partial charge in [0.05, 0.1) is 26.2 Å². The van der Waals surface area contributed by atoms with Crippen molar-refractivity contribution >= 4 is 178 Å². The van der Waals surface area contributed by atoms with Crippen molar-refractivity contribution < 1.29 is 56.0 Å². The van der Waals surface area contributed by atoms with Crippen LogP contribution in [0.1, 0.15) is 0 Å². The van der Waals surface area contributed by atoms with Crippen LogP contribution in [0.15, 0.2) is 0 Å². The van der Waals surface area contributed by atoms with Crippen molar-refractivity contribution in [2.45, 2.75) is 0 Å². The first-order chi connectivity index (χ1) is 9.20. The molecule has 26 heavy (non-hydrogen) atoms. The van der Waals surface area contributed by atoms with E-state index in [0.29, 0.717) is 0 Å². The molecule has 0 atom stereocenters. The molecule has 0 bridgehead atoms. The second kappa shape index (κ2) is 27.6. The van der Waals surface area contributed by atoms with Gasteiger partial charge in [0.1, 0.15) is 0 Å². The van der Waals surface area contributed by atoms with Crippen molar-refractivity contribution in [1.29, 1.82) is 0 Å². The molecule has 0 heterocycles. The van der Waals surface area contributed by atoms with E-state index in [9.17, 15) is 19.2 Å². The standard InChI is InChI=1S/C10H16N2O8.3K.3H2O/c13-7(14)3-11(4-8(15)16)1-2-12(5-9(17)18)6-10(19)20;;;;;;/h1-6H2,(H,13,14)(H,15,16)(H,17,18)(H,19,20);;;;3*1H2. The molecule has 0 fully saturated rings. The number of carbonyl (C=O) groups is 4. The van der Waals surface area contributed by atoms with E-state index < -0.39 is 50.1 Å². The fraction of sp³-hybridized carbons (Fsp3) is 0.600. The molecule has 0 rings (SSSR count). The van der Waals surface area contributed by atoms with Gasteiger partial charge in [-0.2, -0.15) is 0 Å². The summed E-state index contributed by atoms with van der Waals surface area (Å²) in [5.74, 6) is -4.91. The van der Waals surface area contributed by atoms with Gasteiger partial charge < -0.3 is 36.9 Å². The molecule has 13 nitrogen and oxygen atoms in total.